The molecule has 1 fully saturated rings. The van der Waals surface area contributed by atoms with Crippen LogP contribution >= 0.6 is 0 Å². The lowest BCUT2D eigenvalue weighted by atomic mass is 9.97. The summed E-state index contributed by atoms with van der Waals surface area (Å²) in [4.78, 5) is 15.2. The van der Waals surface area contributed by atoms with E-state index in [1.165, 1.54) is 19.2 Å². The minimum absolute atomic E-state index is 0.0288. The van der Waals surface area contributed by atoms with E-state index in [0.29, 0.717) is 0 Å². The SMILES string of the molecule is CC#CC1(CO)OC(n2ccc(N)nc2=O)C(O)C1O. The van der Waals surface area contributed by atoms with E-state index >= 15 is 0 Å². The molecule has 0 spiro atoms. The average Bonchev–Trinajstić information content (AvgIpc) is 2.65. The van der Waals surface area contributed by atoms with Crippen LogP contribution in [-0.4, -0.2) is 49.3 Å². The van der Waals surface area contributed by atoms with Crippen molar-refractivity contribution >= 4 is 5.82 Å². The van der Waals surface area contributed by atoms with Gasteiger partial charge in [0.25, 0.3) is 0 Å². The van der Waals surface area contributed by atoms with E-state index < -0.39 is 36.3 Å². The minimum atomic E-state index is -1.64. The second-order valence-electron chi connectivity index (χ2n) is 4.41. The number of aromatic nitrogens is 2. The Labute approximate surface area is 114 Å². The highest BCUT2D eigenvalue weighted by molar-refractivity contribution is 5.25. The zero-order valence-electron chi connectivity index (χ0n) is 10.7. The average molecular weight is 281 g/mol. The lowest BCUT2D eigenvalue weighted by molar-refractivity contribution is -0.0937. The van der Waals surface area contributed by atoms with Crippen molar-refractivity contribution in [2.24, 2.45) is 0 Å². The van der Waals surface area contributed by atoms with Crippen molar-refractivity contribution < 1.29 is 20.1 Å². The fourth-order valence-corrected chi connectivity index (χ4v) is 2.11. The molecule has 0 bridgehead atoms. The van der Waals surface area contributed by atoms with Crippen molar-refractivity contribution in [2.45, 2.75) is 31.0 Å². The summed E-state index contributed by atoms with van der Waals surface area (Å²) in [5, 5.41) is 29.4. The topological polar surface area (TPSA) is 131 Å². The van der Waals surface area contributed by atoms with Gasteiger partial charge in [-0.25, -0.2) is 4.79 Å². The van der Waals surface area contributed by atoms with Crippen LogP contribution in [0.2, 0.25) is 0 Å². The number of aliphatic hydroxyl groups is 3. The van der Waals surface area contributed by atoms with Crippen molar-refractivity contribution in [1.82, 2.24) is 9.55 Å². The smallest absolute Gasteiger partial charge is 0.351 e. The van der Waals surface area contributed by atoms with Crippen molar-refractivity contribution in [3.63, 3.8) is 0 Å². The van der Waals surface area contributed by atoms with Crippen LogP contribution in [0.3, 0.4) is 0 Å². The van der Waals surface area contributed by atoms with E-state index in [1.807, 2.05) is 0 Å². The molecule has 0 aliphatic carbocycles. The minimum Gasteiger partial charge on any atom is -0.392 e. The molecule has 5 N–H and O–H groups in total. The highest BCUT2D eigenvalue weighted by Crippen LogP contribution is 2.36. The van der Waals surface area contributed by atoms with Crippen LogP contribution < -0.4 is 11.4 Å². The lowest BCUT2D eigenvalue weighted by Gasteiger charge is -2.23. The largest absolute Gasteiger partial charge is 0.392 e. The van der Waals surface area contributed by atoms with Crippen LogP contribution in [0, 0.1) is 11.8 Å². The third kappa shape index (κ3) is 2.17. The number of nitrogen functional groups attached to an aromatic ring is 1. The van der Waals surface area contributed by atoms with Gasteiger partial charge in [-0.3, -0.25) is 4.57 Å². The Morgan fingerprint density at radius 3 is 2.85 bits per heavy atom. The van der Waals surface area contributed by atoms with Gasteiger partial charge >= 0.3 is 5.69 Å². The highest BCUT2D eigenvalue weighted by Gasteiger charge is 2.54. The van der Waals surface area contributed by atoms with Crippen LogP contribution in [0.25, 0.3) is 0 Å². The maximum absolute atomic E-state index is 11.7. The molecular formula is C12H15N3O5. The van der Waals surface area contributed by atoms with Gasteiger partial charge in [-0.2, -0.15) is 4.98 Å². The monoisotopic (exact) mass is 281 g/mol. The number of anilines is 1. The van der Waals surface area contributed by atoms with Crippen LogP contribution in [0.5, 0.6) is 0 Å². The second kappa shape index (κ2) is 5.22. The Kier molecular flexibility index (Phi) is 3.78. The van der Waals surface area contributed by atoms with Gasteiger partial charge in [0.2, 0.25) is 0 Å². The van der Waals surface area contributed by atoms with Crippen molar-refractivity contribution in [1.29, 1.82) is 0 Å². The molecule has 4 atom stereocenters. The Morgan fingerprint density at radius 1 is 1.60 bits per heavy atom. The molecule has 8 nitrogen and oxygen atoms in total. The van der Waals surface area contributed by atoms with Gasteiger partial charge in [-0.15, -0.1) is 5.92 Å². The third-order valence-corrected chi connectivity index (χ3v) is 3.12. The summed E-state index contributed by atoms with van der Waals surface area (Å²) in [5.74, 6) is 5.07. The first kappa shape index (κ1) is 14.5. The Bertz CT molecular complexity index is 619. The summed E-state index contributed by atoms with van der Waals surface area (Å²) in [5.41, 5.74) is 3.00. The number of nitrogens with zero attached hydrogens (tertiary/aromatic N) is 2. The van der Waals surface area contributed by atoms with E-state index in [2.05, 4.69) is 16.8 Å². The summed E-state index contributed by atoms with van der Waals surface area (Å²) in [6.45, 7) is 0.879. The normalized spacial score (nSPS) is 32.7. The summed E-state index contributed by atoms with van der Waals surface area (Å²) in [7, 11) is 0. The number of ether oxygens (including phenoxy) is 1. The molecule has 8 heteroatoms. The van der Waals surface area contributed by atoms with E-state index in [0.717, 1.165) is 4.57 Å². The summed E-state index contributed by atoms with van der Waals surface area (Å²) < 4.78 is 6.41. The van der Waals surface area contributed by atoms with Crippen LogP contribution in [0.15, 0.2) is 17.1 Å². The molecule has 0 aromatic carbocycles. The Balaban J connectivity index is 2.44. The quantitative estimate of drug-likeness (QED) is 0.454. The van der Waals surface area contributed by atoms with E-state index in [-0.39, 0.29) is 5.82 Å². The zero-order chi connectivity index (χ0) is 14.9. The molecule has 108 valence electrons. The summed E-state index contributed by atoms with van der Waals surface area (Å²) in [6.07, 6.45) is -2.82. The van der Waals surface area contributed by atoms with Crippen LogP contribution in [0.1, 0.15) is 13.2 Å². The molecule has 0 radical (unpaired) electrons. The molecule has 20 heavy (non-hydrogen) atoms. The highest BCUT2D eigenvalue weighted by atomic mass is 16.6. The predicted molar refractivity (Wildman–Crippen MR) is 68.3 cm³/mol. The molecule has 2 heterocycles. The number of nitrogens with two attached hydrogens (primary N) is 1. The molecule has 4 unspecified atom stereocenters. The fraction of sp³-hybridized carbons (Fsp3) is 0.500. The molecular weight excluding hydrogens is 266 g/mol. The molecule has 1 aliphatic rings. The molecule has 1 aromatic rings. The standard InChI is InChI=1S/C12H15N3O5/c1-2-4-12(6-16)9(18)8(17)10(20-12)15-5-3-7(13)14-11(15)19/h3,5,8-10,16-18H,6H2,1H3,(H2,13,14,19). The molecule has 1 aromatic heterocycles. The van der Waals surface area contributed by atoms with Gasteiger partial charge < -0.3 is 25.8 Å². The summed E-state index contributed by atoms with van der Waals surface area (Å²) in [6, 6.07) is 1.36. The third-order valence-electron chi connectivity index (χ3n) is 3.12. The second-order valence-corrected chi connectivity index (χ2v) is 4.41. The van der Waals surface area contributed by atoms with Crippen molar-refractivity contribution in [2.75, 3.05) is 12.3 Å². The zero-order valence-corrected chi connectivity index (χ0v) is 10.7. The Hall–Kier alpha value is -1.92. The van der Waals surface area contributed by atoms with Crippen molar-refractivity contribution in [3.05, 3.63) is 22.7 Å². The molecule has 0 saturated carbocycles. The van der Waals surface area contributed by atoms with Crippen LogP contribution in [-0.2, 0) is 4.74 Å². The van der Waals surface area contributed by atoms with Crippen LogP contribution in [0.4, 0.5) is 5.82 Å². The van der Waals surface area contributed by atoms with E-state index in [9.17, 15) is 20.1 Å². The van der Waals surface area contributed by atoms with Crippen molar-refractivity contribution in [3.8, 4) is 11.8 Å². The van der Waals surface area contributed by atoms with Gasteiger partial charge in [0.05, 0.1) is 6.61 Å². The lowest BCUT2D eigenvalue weighted by Crippen LogP contribution is -2.45. The maximum atomic E-state index is 11.7. The molecule has 1 aliphatic heterocycles. The number of rotatable bonds is 2. The van der Waals surface area contributed by atoms with Gasteiger partial charge in [0, 0.05) is 6.20 Å². The first-order chi connectivity index (χ1) is 9.45. The molecule has 1 saturated heterocycles. The maximum Gasteiger partial charge on any atom is 0.351 e. The first-order valence-electron chi connectivity index (χ1n) is 5.88. The molecule has 0 amide bonds. The number of aliphatic hydroxyl groups excluding tert-OH is 3. The molecule has 2 rings (SSSR count). The number of hydrogen-bond donors (Lipinski definition) is 4. The van der Waals surface area contributed by atoms with E-state index in [1.54, 1.807) is 0 Å². The van der Waals surface area contributed by atoms with Gasteiger partial charge in [-0.05, 0) is 13.0 Å². The van der Waals surface area contributed by atoms with E-state index in [4.69, 9.17) is 10.5 Å². The van der Waals surface area contributed by atoms with Gasteiger partial charge in [0.15, 0.2) is 11.8 Å². The number of hydrogen-bond acceptors (Lipinski definition) is 7. The van der Waals surface area contributed by atoms with Gasteiger partial charge in [-0.1, -0.05) is 5.92 Å². The van der Waals surface area contributed by atoms with Gasteiger partial charge in [0.1, 0.15) is 18.0 Å². The summed E-state index contributed by atoms with van der Waals surface area (Å²) >= 11 is 0. The first-order valence-corrected chi connectivity index (χ1v) is 5.88. The predicted octanol–water partition coefficient (Wildman–Crippen LogP) is -2.17. The fourth-order valence-electron chi connectivity index (χ4n) is 2.11. The Morgan fingerprint density at radius 2 is 2.30 bits per heavy atom.